The van der Waals surface area contributed by atoms with Gasteiger partial charge in [-0.2, -0.15) is 13.2 Å². The monoisotopic (exact) mass is 307 g/mol. The summed E-state index contributed by atoms with van der Waals surface area (Å²) in [5.41, 5.74) is -1.88. The Morgan fingerprint density at radius 2 is 1.90 bits per heavy atom. The molecule has 0 radical (unpaired) electrons. The number of halogens is 4. The maximum Gasteiger partial charge on any atom is 0.419 e. The second kappa shape index (κ2) is 6.55. The minimum absolute atomic E-state index is 0.0899. The van der Waals surface area contributed by atoms with Crippen molar-refractivity contribution in [1.29, 1.82) is 0 Å². The Kier molecular flexibility index (Phi) is 5.28. The van der Waals surface area contributed by atoms with E-state index in [-0.39, 0.29) is 12.1 Å². The first-order valence-corrected chi connectivity index (χ1v) is 5.93. The standard InChI is InChI=1S/C13H13F4NO3/c1-3-18(7-11(19)21-2)12(20)8-4-5-10(14)9(6-8)13(15,16)17/h4-6H,3,7H2,1-2H3. The van der Waals surface area contributed by atoms with Gasteiger partial charge in [0.05, 0.1) is 12.7 Å². The van der Waals surface area contributed by atoms with Crippen LogP contribution >= 0.6 is 0 Å². The molecule has 8 heteroatoms. The van der Waals surface area contributed by atoms with Crippen LogP contribution in [-0.4, -0.2) is 37.0 Å². The van der Waals surface area contributed by atoms with Gasteiger partial charge in [0.2, 0.25) is 0 Å². The molecule has 0 aliphatic rings. The van der Waals surface area contributed by atoms with Gasteiger partial charge in [-0.05, 0) is 25.1 Å². The highest BCUT2D eigenvalue weighted by molar-refractivity contribution is 5.96. The molecule has 0 saturated heterocycles. The number of benzene rings is 1. The summed E-state index contributed by atoms with van der Waals surface area (Å²) in [5.74, 6) is -2.98. The average molecular weight is 307 g/mol. The van der Waals surface area contributed by atoms with E-state index >= 15 is 0 Å². The molecule has 0 aromatic heterocycles. The summed E-state index contributed by atoms with van der Waals surface area (Å²) in [6.07, 6.45) is -4.90. The molecule has 0 fully saturated rings. The van der Waals surface area contributed by atoms with Crippen molar-refractivity contribution < 1.29 is 31.9 Å². The van der Waals surface area contributed by atoms with Gasteiger partial charge >= 0.3 is 12.1 Å². The number of methoxy groups -OCH3 is 1. The SMILES string of the molecule is CCN(CC(=O)OC)C(=O)c1ccc(F)c(C(F)(F)F)c1. The zero-order valence-corrected chi connectivity index (χ0v) is 11.3. The summed E-state index contributed by atoms with van der Waals surface area (Å²) < 4.78 is 55.4. The molecule has 0 spiro atoms. The van der Waals surface area contributed by atoms with Crippen LogP contribution in [0.3, 0.4) is 0 Å². The molecule has 0 bridgehead atoms. The van der Waals surface area contributed by atoms with Gasteiger partial charge in [-0.3, -0.25) is 9.59 Å². The second-order valence-electron chi connectivity index (χ2n) is 4.09. The van der Waals surface area contributed by atoms with E-state index < -0.39 is 36.0 Å². The van der Waals surface area contributed by atoms with Crippen molar-refractivity contribution in [1.82, 2.24) is 4.90 Å². The number of nitrogens with zero attached hydrogens (tertiary/aromatic N) is 1. The predicted octanol–water partition coefficient (Wildman–Crippen LogP) is 2.48. The minimum atomic E-state index is -4.90. The number of esters is 1. The Bertz CT molecular complexity index is 543. The lowest BCUT2D eigenvalue weighted by Crippen LogP contribution is -2.36. The average Bonchev–Trinajstić information content (AvgIpc) is 2.42. The fourth-order valence-corrected chi connectivity index (χ4v) is 1.61. The summed E-state index contributed by atoms with van der Waals surface area (Å²) in [6.45, 7) is 1.24. The van der Waals surface area contributed by atoms with Gasteiger partial charge < -0.3 is 9.64 Å². The van der Waals surface area contributed by atoms with Gasteiger partial charge in [0.1, 0.15) is 12.4 Å². The van der Waals surface area contributed by atoms with Crippen LogP contribution < -0.4 is 0 Å². The molecule has 1 rings (SSSR count). The van der Waals surface area contributed by atoms with Crippen LogP contribution in [0, 0.1) is 5.82 Å². The molecule has 0 heterocycles. The van der Waals surface area contributed by atoms with Crippen molar-refractivity contribution in [2.75, 3.05) is 20.2 Å². The molecule has 0 aliphatic heterocycles. The molecule has 0 atom stereocenters. The van der Waals surface area contributed by atoms with Crippen LogP contribution in [0.2, 0.25) is 0 Å². The summed E-state index contributed by atoms with van der Waals surface area (Å²) in [7, 11) is 1.13. The Hall–Kier alpha value is -2.12. The van der Waals surface area contributed by atoms with Crippen molar-refractivity contribution in [2.24, 2.45) is 0 Å². The van der Waals surface area contributed by atoms with E-state index in [1.807, 2.05) is 0 Å². The van der Waals surface area contributed by atoms with Gasteiger partial charge in [0.15, 0.2) is 0 Å². The first-order chi connectivity index (χ1) is 9.70. The lowest BCUT2D eigenvalue weighted by atomic mass is 10.1. The number of carbonyl (C=O) groups is 2. The van der Waals surface area contributed by atoms with Gasteiger partial charge in [0.25, 0.3) is 5.91 Å². The lowest BCUT2D eigenvalue weighted by molar-refractivity contribution is -0.141. The molecule has 1 amide bonds. The molecule has 0 saturated carbocycles. The number of carbonyl (C=O) groups excluding carboxylic acids is 2. The molecular formula is C13H13F4NO3. The second-order valence-corrected chi connectivity index (χ2v) is 4.09. The Labute approximate surface area is 118 Å². The molecule has 1 aromatic carbocycles. The van der Waals surface area contributed by atoms with Crippen molar-refractivity contribution in [2.45, 2.75) is 13.1 Å². The third-order valence-corrected chi connectivity index (χ3v) is 2.74. The summed E-state index contributed by atoms with van der Waals surface area (Å²) >= 11 is 0. The van der Waals surface area contributed by atoms with Crippen LogP contribution in [-0.2, 0) is 15.7 Å². The highest BCUT2D eigenvalue weighted by atomic mass is 19.4. The normalized spacial score (nSPS) is 11.1. The Balaban J connectivity index is 3.09. The number of amides is 1. The Morgan fingerprint density at radius 1 is 1.29 bits per heavy atom. The van der Waals surface area contributed by atoms with Crippen LogP contribution in [0.4, 0.5) is 17.6 Å². The molecule has 0 N–H and O–H groups in total. The van der Waals surface area contributed by atoms with E-state index in [4.69, 9.17) is 0 Å². The van der Waals surface area contributed by atoms with E-state index in [0.29, 0.717) is 12.1 Å². The zero-order valence-electron chi connectivity index (χ0n) is 11.3. The number of hydrogen-bond acceptors (Lipinski definition) is 3. The van der Waals surface area contributed by atoms with E-state index in [0.717, 1.165) is 18.1 Å². The fraction of sp³-hybridized carbons (Fsp3) is 0.385. The first kappa shape index (κ1) is 16.9. The van der Waals surface area contributed by atoms with Crippen molar-refractivity contribution >= 4 is 11.9 Å². The van der Waals surface area contributed by atoms with Gasteiger partial charge in [0, 0.05) is 12.1 Å². The third kappa shape index (κ3) is 4.17. The highest BCUT2D eigenvalue weighted by Crippen LogP contribution is 2.32. The molecular weight excluding hydrogens is 294 g/mol. The number of alkyl halides is 3. The molecule has 4 nitrogen and oxygen atoms in total. The summed E-state index contributed by atoms with van der Waals surface area (Å²) in [5, 5.41) is 0. The predicted molar refractivity (Wildman–Crippen MR) is 65.0 cm³/mol. The number of hydrogen-bond donors (Lipinski definition) is 0. The van der Waals surface area contributed by atoms with Gasteiger partial charge in [-0.1, -0.05) is 0 Å². The third-order valence-electron chi connectivity index (χ3n) is 2.74. The smallest absolute Gasteiger partial charge is 0.419 e. The van der Waals surface area contributed by atoms with Crippen molar-refractivity contribution in [3.05, 3.63) is 35.1 Å². The van der Waals surface area contributed by atoms with E-state index in [9.17, 15) is 27.2 Å². The fourth-order valence-electron chi connectivity index (χ4n) is 1.61. The largest absolute Gasteiger partial charge is 0.468 e. The van der Waals surface area contributed by atoms with Crippen molar-refractivity contribution in [3.63, 3.8) is 0 Å². The number of ether oxygens (including phenoxy) is 1. The van der Waals surface area contributed by atoms with Crippen molar-refractivity contribution in [3.8, 4) is 0 Å². The maximum absolute atomic E-state index is 13.2. The van der Waals surface area contributed by atoms with Gasteiger partial charge in [-0.15, -0.1) is 0 Å². The van der Waals surface area contributed by atoms with Crippen LogP contribution in [0.15, 0.2) is 18.2 Å². The Morgan fingerprint density at radius 3 is 2.38 bits per heavy atom. The molecule has 1 aromatic rings. The minimum Gasteiger partial charge on any atom is -0.468 e. The molecule has 116 valence electrons. The lowest BCUT2D eigenvalue weighted by Gasteiger charge is -2.20. The topological polar surface area (TPSA) is 46.6 Å². The molecule has 0 unspecified atom stereocenters. The zero-order chi connectivity index (χ0) is 16.2. The summed E-state index contributed by atoms with van der Waals surface area (Å²) in [6, 6.07) is 1.94. The van der Waals surface area contributed by atoms with Crippen LogP contribution in [0.25, 0.3) is 0 Å². The molecule has 0 aliphatic carbocycles. The quantitative estimate of drug-likeness (QED) is 0.634. The van der Waals surface area contributed by atoms with Crippen LogP contribution in [0.1, 0.15) is 22.8 Å². The number of likely N-dealkylation sites (N-methyl/N-ethyl adjacent to an activating group) is 1. The van der Waals surface area contributed by atoms with E-state index in [1.165, 1.54) is 0 Å². The van der Waals surface area contributed by atoms with E-state index in [1.54, 1.807) is 6.92 Å². The van der Waals surface area contributed by atoms with Crippen LogP contribution in [0.5, 0.6) is 0 Å². The first-order valence-electron chi connectivity index (χ1n) is 5.93. The number of rotatable bonds is 4. The van der Waals surface area contributed by atoms with E-state index in [2.05, 4.69) is 4.74 Å². The maximum atomic E-state index is 13.2. The molecule has 21 heavy (non-hydrogen) atoms. The highest BCUT2D eigenvalue weighted by Gasteiger charge is 2.35. The van der Waals surface area contributed by atoms with Gasteiger partial charge in [-0.25, -0.2) is 4.39 Å². The summed E-state index contributed by atoms with van der Waals surface area (Å²) in [4.78, 5) is 24.2.